The molecule has 1 aliphatic heterocycles. The second kappa shape index (κ2) is 3.48. The molecule has 1 saturated carbocycles. The first-order valence-corrected chi connectivity index (χ1v) is 5.98. The summed E-state index contributed by atoms with van der Waals surface area (Å²) in [7, 11) is 0. The number of amides is 1. The van der Waals surface area contributed by atoms with E-state index in [0.717, 1.165) is 12.8 Å². The Labute approximate surface area is 104 Å². The van der Waals surface area contributed by atoms with Gasteiger partial charge in [0.05, 0.1) is 16.9 Å². The van der Waals surface area contributed by atoms with Crippen molar-refractivity contribution < 1.29 is 14.7 Å². The lowest BCUT2D eigenvalue weighted by atomic mass is 9.90. The van der Waals surface area contributed by atoms with Gasteiger partial charge in [-0.25, -0.2) is 4.79 Å². The molecule has 1 aromatic rings. The van der Waals surface area contributed by atoms with Gasteiger partial charge in [0.2, 0.25) is 5.91 Å². The van der Waals surface area contributed by atoms with Gasteiger partial charge in [0.25, 0.3) is 0 Å². The van der Waals surface area contributed by atoms with Crippen LogP contribution in [-0.2, 0) is 4.79 Å². The Morgan fingerprint density at radius 2 is 2.17 bits per heavy atom. The summed E-state index contributed by atoms with van der Waals surface area (Å²) in [6, 6.07) is 4.88. The number of para-hydroxylation sites is 1. The van der Waals surface area contributed by atoms with Crippen molar-refractivity contribution in [3.8, 4) is 0 Å². The number of carbonyl (C=O) groups is 2. The van der Waals surface area contributed by atoms with Crippen LogP contribution in [0, 0.1) is 5.92 Å². The van der Waals surface area contributed by atoms with E-state index in [1.54, 1.807) is 18.2 Å². The topological polar surface area (TPSA) is 78.4 Å². The molecule has 0 bridgehead atoms. The smallest absolute Gasteiger partial charge is 0.337 e. The Bertz CT molecular complexity index is 551. The Morgan fingerprint density at radius 1 is 1.44 bits per heavy atom. The highest BCUT2D eigenvalue weighted by Crippen LogP contribution is 2.46. The van der Waals surface area contributed by atoms with Gasteiger partial charge in [-0.05, 0) is 37.8 Å². The Kier molecular flexibility index (Phi) is 2.14. The Morgan fingerprint density at radius 3 is 2.78 bits per heavy atom. The summed E-state index contributed by atoms with van der Waals surface area (Å²) in [5, 5.41) is 15.1. The van der Waals surface area contributed by atoms with Crippen molar-refractivity contribution in [2.75, 3.05) is 10.6 Å². The number of nitrogens with one attached hydrogen (secondary N) is 2. The van der Waals surface area contributed by atoms with Crippen molar-refractivity contribution in [2.45, 2.75) is 25.3 Å². The molecule has 1 heterocycles. The van der Waals surface area contributed by atoms with Crippen molar-refractivity contribution in [1.29, 1.82) is 0 Å². The van der Waals surface area contributed by atoms with Crippen LogP contribution in [0.15, 0.2) is 18.2 Å². The third-order valence-corrected chi connectivity index (χ3v) is 3.79. The minimum atomic E-state index is -0.992. The van der Waals surface area contributed by atoms with Crippen LogP contribution in [0.25, 0.3) is 0 Å². The SMILES string of the molecule is CC1(C2CC2)Nc2c(cccc2C(=O)O)NC1=O. The fourth-order valence-electron chi connectivity index (χ4n) is 2.49. The van der Waals surface area contributed by atoms with Gasteiger partial charge in [-0.3, -0.25) is 4.79 Å². The maximum absolute atomic E-state index is 12.1. The molecule has 0 spiro atoms. The highest BCUT2D eigenvalue weighted by Gasteiger charge is 2.49. The molecule has 1 aliphatic carbocycles. The molecule has 5 nitrogen and oxygen atoms in total. The molecule has 94 valence electrons. The molecule has 2 aliphatic rings. The molecule has 1 amide bonds. The van der Waals surface area contributed by atoms with E-state index in [4.69, 9.17) is 0 Å². The molecule has 18 heavy (non-hydrogen) atoms. The fourth-order valence-corrected chi connectivity index (χ4v) is 2.49. The van der Waals surface area contributed by atoms with Crippen molar-refractivity contribution in [1.82, 2.24) is 0 Å². The molecule has 3 N–H and O–H groups in total. The molecule has 1 fully saturated rings. The largest absolute Gasteiger partial charge is 0.478 e. The quantitative estimate of drug-likeness (QED) is 0.745. The zero-order valence-corrected chi connectivity index (χ0v) is 9.99. The number of anilines is 2. The van der Waals surface area contributed by atoms with Gasteiger partial charge in [0.15, 0.2) is 0 Å². The van der Waals surface area contributed by atoms with Crippen LogP contribution in [0.4, 0.5) is 11.4 Å². The van der Waals surface area contributed by atoms with Crippen LogP contribution in [0.1, 0.15) is 30.1 Å². The number of fused-ring (bicyclic) bond motifs is 1. The average Bonchev–Trinajstić information content (AvgIpc) is 3.13. The van der Waals surface area contributed by atoms with Gasteiger partial charge < -0.3 is 15.7 Å². The van der Waals surface area contributed by atoms with E-state index in [1.165, 1.54) is 0 Å². The van der Waals surface area contributed by atoms with Gasteiger partial charge in [-0.1, -0.05) is 6.07 Å². The fraction of sp³-hybridized carbons (Fsp3) is 0.385. The first-order valence-electron chi connectivity index (χ1n) is 5.98. The summed E-state index contributed by atoms with van der Waals surface area (Å²) in [5.74, 6) is -0.791. The second-order valence-electron chi connectivity index (χ2n) is 5.09. The first-order chi connectivity index (χ1) is 8.52. The molecule has 5 heteroatoms. The normalized spacial score (nSPS) is 25.9. The maximum Gasteiger partial charge on any atom is 0.337 e. The zero-order valence-electron chi connectivity index (χ0n) is 9.99. The molecule has 3 rings (SSSR count). The van der Waals surface area contributed by atoms with Crippen molar-refractivity contribution in [3.05, 3.63) is 23.8 Å². The number of hydrogen-bond donors (Lipinski definition) is 3. The van der Waals surface area contributed by atoms with Gasteiger partial charge >= 0.3 is 5.97 Å². The highest BCUT2D eigenvalue weighted by molar-refractivity contribution is 6.10. The summed E-state index contributed by atoms with van der Waals surface area (Å²) in [5.41, 5.74) is 0.551. The lowest BCUT2D eigenvalue weighted by Crippen LogP contribution is -2.52. The third kappa shape index (κ3) is 1.47. The van der Waals surface area contributed by atoms with Crippen LogP contribution < -0.4 is 10.6 Å². The van der Waals surface area contributed by atoms with E-state index in [-0.39, 0.29) is 17.4 Å². The lowest BCUT2D eigenvalue weighted by molar-refractivity contribution is -0.120. The summed E-state index contributed by atoms with van der Waals surface area (Å²) >= 11 is 0. The van der Waals surface area contributed by atoms with Crippen LogP contribution in [0.2, 0.25) is 0 Å². The number of carbonyl (C=O) groups excluding carboxylic acids is 1. The van der Waals surface area contributed by atoms with Crippen molar-refractivity contribution >= 4 is 23.3 Å². The molecule has 1 aromatic carbocycles. The Hall–Kier alpha value is -2.04. The standard InChI is InChI=1S/C13H14N2O3/c1-13(7-5-6-7)12(18)14-9-4-2-3-8(11(16)17)10(9)15-13/h2-4,7,15H,5-6H2,1H3,(H,14,18)(H,16,17). The van der Waals surface area contributed by atoms with E-state index in [0.29, 0.717) is 11.4 Å². The Balaban J connectivity index is 2.09. The van der Waals surface area contributed by atoms with Gasteiger partial charge in [0, 0.05) is 0 Å². The number of hydrogen-bond acceptors (Lipinski definition) is 3. The number of carboxylic acids is 1. The van der Waals surface area contributed by atoms with Crippen LogP contribution in [0.3, 0.4) is 0 Å². The molecule has 0 radical (unpaired) electrons. The summed E-state index contributed by atoms with van der Waals surface area (Å²) in [6.45, 7) is 1.83. The monoisotopic (exact) mass is 246 g/mol. The molecular formula is C13H14N2O3. The summed E-state index contributed by atoms with van der Waals surface area (Å²) in [6.07, 6.45) is 2.00. The lowest BCUT2D eigenvalue weighted by Gasteiger charge is -2.36. The summed E-state index contributed by atoms with van der Waals surface area (Å²) in [4.78, 5) is 23.3. The van der Waals surface area contributed by atoms with Crippen molar-refractivity contribution in [3.63, 3.8) is 0 Å². The minimum absolute atomic E-state index is 0.0833. The number of carboxylic acid groups (broad SMARTS) is 1. The third-order valence-electron chi connectivity index (χ3n) is 3.79. The van der Waals surface area contributed by atoms with E-state index in [2.05, 4.69) is 10.6 Å². The number of benzene rings is 1. The molecule has 1 atom stereocenters. The number of rotatable bonds is 2. The van der Waals surface area contributed by atoms with E-state index < -0.39 is 11.5 Å². The highest BCUT2D eigenvalue weighted by atomic mass is 16.4. The van der Waals surface area contributed by atoms with Gasteiger partial charge in [-0.15, -0.1) is 0 Å². The number of aromatic carboxylic acids is 1. The van der Waals surface area contributed by atoms with E-state index in [1.807, 2.05) is 6.92 Å². The predicted octanol–water partition coefficient (Wildman–Crippen LogP) is 1.92. The van der Waals surface area contributed by atoms with Crippen LogP contribution in [0.5, 0.6) is 0 Å². The van der Waals surface area contributed by atoms with E-state index in [9.17, 15) is 14.7 Å². The first kappa shape index (κ1) is 11.1. The van der Waals surface area contributed by atoms with Gasteiger partial charge in [0.1, 0.15) is 5.54 Å². The average molecular weight is 246 g/mol. The zero-order chi connectivity index (χ0) is 12.9. The second-order valence-corrected chi connectivity index (χ2v) is 5.09. The molecule has 1 unspecified atom stereocenters. The summed E-state index contributed by atoms with van der Waals surface area (Å²) < 4.78 is 0. The van der Waals surface area contributed by atoms with Crippen molar-refractivity contribution in [2.24, 2.45) is 5.92 Å². The predicted molar refractivity (Wildman–Crippen MR) is 66.8 cm³/mol. The molecular weight excluding hydrogens is 232 g/mol. The van der Waals surface area contributed by atoms with Crippen LogP contribution in [-0.4, -0.2) is 22.5 Å². The van der Waals surface area contributed by atoms with Gasteiger partial charge in [-0.2, -0.15) is 0 Å². The molecule has 0 aromatic heterocycles. The molecule has 0 saturated heterocycles. The van der Waals surface area contributed by atoms with Crippen LogP contribution >= 0.6 is 0 Å². The maximum atomic E-state index is 12.1. The van der Waals surface area contributed by atoms with E-state index >= 15 is 0 Å². The minimum Gasteiger partial charge on any atom is -0.478 e.